The van der Waals surface area contributed by atoms with E-state index in [0.29, 0.717) is 5.41 Å². The third-order valence-corrected chi connectivity index (χ3v) is 3.06. The number of quaternary nitrogens is 1. The first kappa shape index (κ1) is 15.7. The van der Waals surface area contributed by atoms with Gasteiger partial charge in [0, 0.05) is 0 Å². The van der Waals surface area contributed by atoms with Crippen LogP contribution in [0, 0.1) is 5.41 Å². The second-order valence-corrected chi connectivity index (χ2v) is 6.86. The SMILES string of the molecule is C=CC[N+](C)(C)CCCCCCC(C)(C)C. The van der Waals surface area contributed by atoms with Gasteiger partial charge in [-0.2, -0.15) is 0 Å². The minimum absolute atomic E-state index is 0.512. The van der Waals surface area contributed by atoms with Gasteiger partial charge in [-0.25, -0.2) is 0 Å². The van der Waals surface area contributed by atoms with Crippen LogP contribution in [0.3, 0.4) is 0 Å². The van der Waals surface area contributed by atoms with E-state index in [1.54, 1.807) is 0 Å². The van der Waals surface area contributed by atoms with Gasteiger partial charge >= 0.3 is 0 Å². The molecule has 0 aliphatic heterocycles. The summed E-state index contributed by atoms with van der Waals surface area (Å²) in [4.78, 5) is 0. The van der Waals surface area contributed by atoms with Crippen molar-refractivity contribution >= 4 is 0 Å². The topological polar surface area (TPSA) is 0 Å². The van der Waals surface area contributed by atoms with E-state index < -0.39 is 0 Å². The summed E-state index contributed by atoms with van der Waals surface area (Å²) in [6, 6.07) is 0. The maximum absolute atomic E-state index is 3.81. The van der Waals surface area contributed by atoms with Gasteiger partial charge in [-0.1, -0.05) is 40.2 Å². The quantitative estimate of drug-likeness (QED) is 0.330. The fourth-order valence-corrected chi connectivity index (χ4v) is 1.99. The highest BCUT2D eigenvalue weighted by atomic mass is 15.3. The Labute approximate surface area is 103 Å². The zero-order chi connectivity index (χ0) is 12.7. The van der Waals surface area contributed by atoms with E-state index in [-0.39, 0.29) is 0 Å². The van der Waals surface area contributed by atoms with Crippen molar-refractivity contribution in [1.82, 2.24) is 0 Å². The molecule has 0 bridgehead atoms. The van der Waals surface area contributed by atoms with Crippen molar-refractivity contribution in [3.63, 3.8) is 0 Å². The van der Waals surface area contributed by atoms with Gasteiger partial charge in [0.15, 0.2) is 0 Å². The fraction of sp³-hybridized carbons (Fsp3) is 0.867. The molecule has 96 valence electrons. The van der Waals surface area contributed by atoms with Crippen LogP contribution in [0.5, 0.6) is 0 Å². The predicted octanol–water partition coefficient (Wildman–Crippen LogP) is 4.25. The van der Waals surface area contributed by atoms with Gasteiger partial charge < -0.3 is 4.48 Å². The molecule has 0 atom stereocenters. The van der Waals surface area contributed by atoms with Crippen molar-refractivity contribution in [2.75, 3.05) is 27.2 Å². The smallest absolute Gasteiger partial charge is 0.0966 e. The monoisotopic (exact) mass is 226 g/mol. The van der Waals surface area contributed by atoms with Gasteiger partial charge in [-0.3, -0.25) is 0 Å². The first-order chi connectivity index (χ1) is 7.27. The summed E-state index contributed by atoms with van der Waals surface area (Å²) >= 11 is 0. The zero-order valence-electron chi connectivity index (χ0n) is 12.2. The molecule has 0 saturated heterocycles. The Bertz CT molecular complexity index is 186. The third-order valence-electron chi connectivity index (χ3n) is 3.06. The molecule has 1 heteroatoms. The standard InChI is InChI=1S/C15H32N/c1-7-13-16(5,6)14-11-9-8-10-12-15(2,3)4/h7H,1,8-14H2,2-6H3/q+1. The lowest BCUT2D eigenvalue weighted by molar-refractivity contribution is -0.884. The van der Waals surface area contributed by atoms with Gasteiger partial charge in [0.2, 0.25) is 0 Å². The van der Waals surface area contributed by atoms with E-state index in [0.717, 1.165) is 11.0 Å². The van der Waals surface area contributed by atoms with E-state index in [1.165, 1.54) is 38.6 Å². The van der Waals surface area contributed by atoms with Gasteiger partial charge in [0.05, 0.1) is 27.2 Å². The molecule has 0 aromatic rings. The number of unbranched alkanes of at least 4 members (excludes halogenated alkanes) is 3. The molecule has 16 heavy (non-hydrogen) atoms. The molecular weight excluding hydrogens is 194 g/mol. The molecule has 0 aromatic heterocycles. The Kier molecular flexibility index (Phi) is 6.98. The Hall–Kier alpha value is -0.300. The number of nitrogens with zero attached hydrogens (tertiary/aromatic N) is 1. The van der Waals surface area contributed by atoms with Crippen LogP contribution in [0.25, 0.3) is 0 Å². The van der Waals surface area contributed by atoms with E-state index in [2.05, 4.69) is 41.4 Å². The Balaban J connectivity index is 3.43. The second-order valence-electron chi connectivity index (χ2n) is 6.86. The molecule has 0 unspecified atom stereocenters. The van der Waals surface area contributed by atoms with Crippen molar-refractivity contribution < 1.29 is 4.48 Å². The third kappa shape index (κ3) is 10.2. The number of hydrogen-bond acceptors (Lipinski definition) is 0. The summed E-state index contributed by atoms with van der Waals surface area (Å²) < 4.78 is 1.09. The molecule has 0 amide bonds. The Morgan fingerprint density at radius 1 is 1.00 bits per heavy atom. The summed E-state index contributed by atoms with van der Waals surface area (Å²) in [5, 5.41) is 0. The molecule has 0 saturated carbocycles. The maximum Gasteiger partial charge on any atom is 0.0966 e. The van der Waals surface area contributed by atoms with Crippen molar-refractivity contribution in [3.8, 4) is 0 Å². The largest absolute Gasteiger partial charge is 0.325 e. The highest BCUT2D eigenvalue weighted by molar-refractivity contribution is 4.64. The van der Waals surface area contributed by atoms with Crippen LogP contribution in [0.2, 0.25) is 0 Å². The summed E-state index contributed by atoms with van der Waals surface area (Å²) in [7, 11) is 4.58. The molecule has 0 fully saturated rings. The number of rotatable bonds is 8. The normalized spacial score (nSPS) is 12.8. The maximum atomic E-state index is 3.81. The highest BCUT2D eigenvalue weighted by Gasteiger charge is 2.12. The summed E-state index contributed by atoms with van der Waals surface area (Å²) in [5.41, 5.74) is 0.512. The molecular formula is C15H32N+. The molecule has 0 N–H and O–H groups in total. The average Bonchev–Trinajstić information content (AvgIpc) is 2.09. The van der Waals surface area contributed by atoms with E-state index in [4.69, 9.17) is 0 Å². The molecule has 0 aromatic carbocycles. The number of likely N-dealkylation sites (N-methyl/N-ethyl adjacent to an activating group) is 1. The molecule has 0 rings (SSSR count). The minimum atomic E-state index is 0.512. The van der Waals surface area contributed by atoms with Crippen molar-refractivity contribution in [2.24, 2.45) is 5.41 Å². The first-order valence-corrected chi connectivity index (χ1v) is 6.70. The Morgan fingerprint density at radius 3 is 2.06 bits per heavy atom. The molecule has 0 radical (unpaired) electrons. The lowest BCUT2D eigenvalue weighted by Crippen LogP contribution is -2.40. The van der Waals surface area contributed by atoms with Crippen LogP contribution in [-0.2, 0) is 0 Å². The lowest BCUT2D eigenvalue weighted by Gasteiger charge is -2.28. The average molecular weight is 226 g/mol. The highest BCUT2D eigenvalue weighted by Crippen LogP contribution is 2.22. The first-order valence-electron chi connectivity index (χ1n) is 6.70. The fourth-order valence-electron chi connectivity index (χ4n) is 1.99. The minimum Gasteiger partial charge on any atom is -0.325 e. The van der Waals surface area contributed by atoms with Crippen LogP contribution in [0.4, 0.5) is 0 Å². The summed E-state index contributed by atoms with van der Waals surface area (Å²) in [6.07, 6.45) is 8.90. The predicted molar refractivity (Wildman–Crippen MR) is 74.6 cm³/mol. The second kappa shape index (κ2) is 7.11. The van der Waals surface area contributed by atoms with E-state index >= 15 is 0 Å². The molecule has 0 spiro atoms. The molecule has 0 aliphatic carbocycles. The van der Waals surface area contributed by atoms with Crippen LogP contribution in [0.1, 0.15) is 52.9 Å². The van der Waals surface area contributed by atoms with Crippen LogP contribution < -0.4 is 0 Å². The van der Waals surface area contributed by atoms with Crippen LogP contribution in [0.15, 0.2) is 12.7 Å². The zero-order valence-corrected chi connectivity index (χ0v) is 12.2. The van der Waals surface area contributed by atoms with Crippen LogP contribution in [-0.4, -0.2) is 31.7 Å². The van der Waals surface area contributed by atoms with Gasteiger partial charge in [0.25, 0.3) is 0 Å². The van der Waals surface area contributed by atoms with E-state index in [9.17, 15) is 0 Å². The van der Waals surface area contributed by atoms with E-state index in [1.807, 2.05) is 6.08 Å². The van der Waals surface area contributed by atoms with Gasteiger partial charge in [-0.05, 0) is 30.8 Å². The van der Waals surface area contributed by atoms with Crippen molar-refractivity contribution in [2.45, 2.75) is 52.9 Å². The molecule has 1 nitrogen and oxygen atoms in total. The number of hydrogen-bond donors (Lipinski definition) is 0. The lowest BCUT2D eigenvalue weighted by atomic mass is 9.89. The van der Waals surface area contributed by atoms with Crippen molar-refractivity contribution in [3.05, 3.63) is 12.7 Å². The van der Waals surface area contributed by atoms with Crippen LogP contribution >= 0.6 is 0 Å². The van der Waals surface area contributed by atoms with Gasteiger partial charge in [0.1, 0.15) is 0 Å². The summed E-state index contributed by atoms with van der Waals surface area (Å²) in [5.74, 6) is 0. The Morgan fingerprint density at radius 2 is 1.56 bits per heavy atom. The molecule has 0 heterocycles. The van der Waals surface area contributed by atoms with Crippen molar-refractivity contribution in [1.29, 1.82) is 0 Å². The van der Waals surface area contributed by atoms with Gasteiger partial charge in [-0.15, -0.1) is 0 Å². The molecule has 0 aliphatic rings. The summed E-state index contributed by atoms with van der Waals surface area (Å²) in [6.45, 7) is 13.2.